The van der Waals surface area contributed by atoms with E-state index >= 15 is 0 Å². The van der Waals surface area contributed by atoms with Gasteiger partial charge in [-0.05, 0) is 49.6 Å². The summed E-state index contributed by atoms with van der Waals surface area (Å²) in [4.78, 5) is 12.8. The third-order valence-electron chi connectivity index (χ3n) is 4.55. The van der Waals surface area contributed by atoms with Crippen molar-refractivity contribution in [3.8, 4) is 5.75 Å². The Morgan fingerprint density at radius 3 is 2.44 bits per heavy atom. The highest BCUT2D eigenvalue weighted by atomic mass is 32.2. The van der Waals surface area contributed by atoms with Gasteiger partial charge < -0.3 is 10.1 Å². The van der Waals surface area contributed by atoms with E-state index in [2.05, 4.69) is 5.32 Å². The molecule has 0 heterocycles. The second-order valence-electron chi connectivity index (χ2n) is 6.34. The first kappa shape index (κ1) is 17.5. The number of rotatable bonds is 6. The molecular formula is C19H21NO4S. The number of ether oxygens (including phenoxy) is 1. The highest BCUT2D eigenvalue weighted by Gasteiger charge is 2.61. The van der Waals surface area contributed by atoms with Crippen molar-refractivity contribution >= 4 is 15.7 Å². The zero-order valence-corrected chi connectivity index (χ0v) is 15.1. The van der Waals surface area contributed by atoms with Crippen LogP contribution in [0.2, 0.25) is 0 Å². The van der Waals surface area contributed by atoms with Crippen molar-refractivity contribution < 1.29 is 17.9 Å². The summed E-state index contributed by atoms with van der Waals surface area (Å²) in [6.07, 6.45) is 0.709. The molecule has 0 saturated heterocycles. The van der Waals surface area contributed by atoms with Crippen LogP contribution in [0.5, 0.6) is 5.75 Å². The fourth-order valence-corrected chi connectivity index (χ4v) is 4.70. The molecule has 0 aromatic heterocycles. The van der Waals surface area contributed by atoms with Gasteiger partial charge in [-0.25, -0.2) is 8.42 Å². The van der Waals surface area contributed by atoms with Gasteiger partial charge in [-0.3, -0.25) is 4.79 Å². The lowest BCUT2D eigenvalue weighted by Crippen LogP contribution is -2.41. The molecule has 0 unspecified atom stereocenters. The molecule has 1 amide bonds. The highest BCUT2D eigenvalue weighted by molar-refractivity contribution is 7.94. The number of hydrogen-bond donors (Lipinski definition) is 1. The van der Waals surface area contributed by atoms with Gasteiger partial charge in [0.25, 0.3) is 0 Å². The van der Waals surface area contributed by atoms with E-state index in [0.29, 0.717) is 18.6 Å². The minimum absolute atomic E-state index is 0.201. The average Bonchev–Trinajstić information content (AvgIpc) is 3.43. The van der Waals surface area contributed by atoms with Crippen molar-refractivity contribution in [2.75, 3.05) is 7.11 Å². The molecule has 0 bridgehead atoms. The Labute approximate surface area is 147 Å². The Morgan fingerprint density at radius 1 is 1.16 bits per heavy atom. The summed E-state index contributed by atoms with van der Waals surface area (Å²) in [5.74, 6) is 0.260. The molecule has 5 nitrogen and oxygen atoms in total. The molecular weight excluding hydrogens is 338 g/mol. The van der Waals surface area contributed by atoms with E-state index in [0.717, 1.165) is 11.1 Å². The Hall–Kier alpha value is -2.34. The normalized spacial score (nSPS) is 15.4. The molecule has 1 saturated carbocycles. The molecule has 1 N–H and O–H groups in total. The van der Waals surface area contributed by atoms with Gasteiger partial charge in [0.1, 0.15) is 5.75 Å². The van der Waals surface area contributed by atoms with Crippen molar-refractivity contribution in [2.45, 2.75) is 36.0 Å². The maximum absolute atomic E-state index is 12.9. The van der Waals surface area contributed by atoms with E-state index < -0.39 is 20.5 Å². The number of nitrogens with one attached hydrogen (secondary N) is 1. The molecule has 2 aromatic rings. The minimum Gasteiger partial charge on any atom is -0.497 e. The summed E-state index contributed by atoms with van der Waals surface area (Å²) >= 11 is 0. The van der Waals surface area contributed by atoms with Crippen molar-refractivity contribution in [3.63, 3.8) is 0 Å². The van der Waals surface area contributed by atoms with Crippen LogP contribution in [0.25, 0.3) is 0 Å². The quantitative estimate of drug-likeness (QED) is 0.861. The lowest BCUT2D eigenvalue weighted by Gasteiger charge is -2.17. The van der Waals surface area contributed by atoms with Crippen LogP contribution in [0.15, 0.2) is 53.4 Å². The van der Waals surface area contributed by atoms with Crippen LogP contribution in [0.1, 0.15) is 24.0 Å². The molecule has 1 aliphatic carbocycles. The lowest BCUT2D eigenvalue weighted by atomic mass is 10.2. The van der Waals surface area contributed by atoms with Crippen LogP contribution in [0.4, 0.5) is 0 Å². The van der Waals surface area contributed by atoms with Crippen LogP contribution < -0.4 is 10.1 Å². The van der Waals surface area contributed by atoms with E-state index in [9.17, 15) is 13.2 Å². The Morgan fingerprint density at radius 2 is 1.84 bits per heavy atom. The number of methoxy groups -OCH3 is 1. The molecule has 132 valence electrons. The van der Waals surface area contributed by atoms with Crippen LogP contribution in [-0.4, -0.2) is 26.2 Å². The van der Waals surface area contributed by atoms with Gasteiger partial charge in [0.15, 0.2) is 14.6 Å². The Balaban J connectivity index is 1.75. The first-order chi connectivity index (χ1) is 11.9. The van der Waals surface area contributed by atoms with Crippen molar-refractivity contribution in [1.29, 1.82) is 0 Å². The predicted molar refractivity (Wildman–Crippen MR) is 95.2 cm³/mol. The third-order valence-corrected chi connectivity index (χ3v) is 7.07. The van der Waals surface area contributed by atoms with Crippen LogP contribution >= 0.6 is 0 Å². The monoisotopic (exact) mass is 359 g/mol. The molecule has 1 fully saturated rings. The molecule has 1 aliphatic rings. The maximum Gasteiger partial charge on any atom is 0.242 e. The summed E-state index contributed by atoms with van der Waals surface area (Å²) < 4.78 is 29.6. The van der Waals surface area contributed by atoms with Crippen LogP contribution in [0.3, 0.4) is 0 Å². The number of carbonyl (C=O) groups excluding carboxylic acids is 1. The number of benzene rings is 2. The van der Waals surface area contributed by atoms with Crippen LogP contribution in [-0.2, 0) is 21.2 Å². The summed E-state index contributed by atoms with van der Waals surface area (Å²) in [5.41, 5.74) is 1.84. The fourth-order valence-electron chi connectivity index (χ4n) is 2.80. The first-order valence-electron chi connectivity index (χ1n) is 8.12. The molecule has 25 heavy (non-hydrogen) atoms. The topological polar surface area (TPSA) is 72.5 Å². The van der Waals surface area contributed by atoms with E-state index in [1.807, 2.05) is 31.2 Å². The molecule has 0 radical (unpaired) electrons. The van der Waals surface area contributed by atoms with Gasteiger partial charge in [0, 0.05) is 6.54 Å². The largest absolute Gasteiger partial charge is 0.497 e. The summed E-state index contributed by atoms with van der Waals surface area (Å²) in [7, 11) is -2.12. The Bertz CT molecular complexity index is 884. The number of hydrogen-bond acceptors (Lipinski definition) is 4. The lowest BCUT2D eigenvalue weighted by molar-refractivity contribution is -0.121. The Kier molecular flexibility index (Phi) is 4.56. The summed E-state index contributed by atoms with van der Waals surface area (Å²) in [5, 5.41) is 2.77. The van der Waals surface area contributed by atoms with E-state index in [-0.39, 0.29) is 11.4 Å². The maximum atomic E-state index is 12.9. The van der Waals surface area contributed by atoms with Gasteiger partial charge in [-0.2, -0.15) is 0 Å². The molecule has 6 heteroatoms. The van der Waals surface area contributed by atoms with E-state index in [1.54, 1.807) is 31.4 Å². The SMILES string of the molecule is COc1cccc(CNC(=O)C2(S(=O)(=O)c3ccc(C)cc3)CC2)c1. The van der Waals surface area contributed by atoms with Crippen molar-refractivity contribution in [1.82, 2.24) is 5.32 Å². The number of aryl methyl sites for hydroxylation is 1. The average molecular weight is 359 g/mol. The second kappa shape index (κ2) is 6.52. The van der Waals surface area contributed by atoms with E-state index in [1.165, 1.54) is 0 Å². The number of amides is 1. The predicted octanol–water partition coefficient (Wildman–Crippen LogP) is 2.63. The van der Waals surface area contributed by atoms with Crippen molar-refractivity contribution in [3.05, 3.63) is 59.7 Å². The smallest absolute Gasteiger partial charge is 0.242 e. The van der Waals surface area contributed by atoms with Gasteiger partial charge >= 0.3 is 0 Å². The van der Waals surface area contributed by atoms with Gasteiger partial charge in [0.05, 0.1) is 12.0 Å². The number of sulfone groups is 1. The molecule has 2 aromatic carbocycles. The highest BCUT2D eigenvalue weighted by Crippen LogP contribution is 2.47. The second-order valence-corrected chi connectivity index (χ2v) is 8.60. The standard InChI is InChI=1S/C19H21NO4S/c1-14-6-8-17(9-7-14)25(22,23)19(10-11-19)18(21)20-13-15-4-3-5-16(12-15)24-2/h3-9,12H,10-11,13H2,1-2H3,(H,20,21). The molecule has 0 aliphatic heterocycles. The van der Waals surface area contributed by atoms with Crippen molar-refractivity contribution in [2.24, 2.45) is 0 Å². The van der Waals surface area contributed by atoms with Gasteiger partial charge in [-0.15, -0.1) is 0 Å². The van der Waals surface area contributed by atoms with Gasteiger partial charge in [0.2, 0.25) is 5.91 Å². The number of carbonyl (C=O) groups is 1. The molecule has 0 atom stereocenters. The third kappa shape index (κ3) is 3.26. The van der Waals surface area contributed by atoms with Gasteiger partial charge in [-0.1, -0.05) is 29.8 Å². The summed E-state index contributed by atoms with van der Waals surface area (Å²) in [6.45, 7) is 2.16. The van der Waals surface area contributed by atoms with Crippen LogP contribution in [0, 0.1) is 6.92 Å². The first-order valence-corrected chi connectivity index (χ1v) is 9.60. The minimum atomic E-state index is -3.70. The zero-order chi connectivity index (χ0) is 18.1. The molecule has 0 spiro atoms. The van der Waals surface area contributed by atoms with E-state index in [4.69, 9.17) is 4.74 Å². The zero-order valence-electron chi connectivity index (χ0n) is 14.3. The molecule has 3 rings (SSSR count). The fraction of sp³-hybridized carbons (Fsp3) is 0.316. The summed E-state index contributed by atoms with van der Waals surface area (Å²) in [6, 6.07) is 13.9.